The maximum absolute atomic E-state index is 15.4. The van der Waals surface area contributed by atoms with Gasteiger partial charge >= 0.3 is 7.12 Å². The Kier molecular flexibility index (Phi) is 4.74. The van der Waals surface area contributed by atoms with Crippen LogP contribution in [-0.4, -0.2) is 18.3 Å². The summed E-state index contributed by atoms with van der Waals surface area (Å²) in [5, 5.41) is 1.93. The lowest BCUT2D eigenvalue weighted by Gasteiger charge is -2.32. The van der Waals surface area contributed by atoms with Crippen LogP contribution in [0.2, 0.25) is 0 Å². The van der Waals surface area contributed by atoms with E-state index in [1.807, 2.05) is 57.3 Å². The first kappa shape index (κ1) is 17.8. The number of halogens is 1. The molecule has 3 heterocycles. The zero-order valence-corrected chi connectivity index (χ0v) is 15.9. The molecule has 1 fully saturated rings. The summed E-state index contributed by atoms with van der Waals surface area (Å²) in [7, 11) is -1.00. The van der Waals surface area contributed by atoms with Crippen LogP contribution in [0.3, 0.4) is 0 Å². The first-order valence-electron chi connectivity index (χ1n) is 7.83. The maximum atomic E-state index is 15.4. The van der Waals surface area contributed by atoms with Gasteiger partial charge in [-0.1, -0.05) is 6.07 Å². The second kappa shape index (κ2) is 6.39. The van der Waals surface area contributed by atoms with Gasteiger partial charge in [0.15, 0.2) is 0 Å². The largest absolute Gasteiger partial charge is 0.525 e. The highest BCUT2D eigenvalue weighted by Crippen LogP contribution is 2.42. The molecule has 1 aliphatic rings. The van der Waals surface area contributed by atoms with Crippen LogP contribution in [0.4, 0.5) is 4.39 Å². The summed E-state index contributed by atoms with van der Waals surface area (Å²) in [4.78, 5) is 2.71. The third-order valence-electron chi connectivity index (χ3n) is 4.58. The SMILES string of the molecule is CC1(C)OB(C(F)=C(c2cccs2)c2ccc(CN)s2)OC1(C)C. The van der Waals surface area contributed by atoms with Gasteiger partial charge in [0.05, 0.1) is 11.2 Å². The molecule has 128 valence electrons. The van der Waals surface area contributed by atoms with Crippen molar-refractivity contribution in [3.05, 3.63) is 50.0 Å². The quantitative estimate of drug-likeness (QED) is 0.804. The lowest BCUT2D eigenvalue weighted by Crippen LogP contribution is -2.41. The Morgan fingerprint density at radius 1 is 1.12 bits per heavy atom. The number of nitrogens with two attached hydrogens (primary N) is 1. The first-order chi connectivity index (χ1) is 11.2. The molecule has 1 aliphatic heterocycles. The van der Waals surface area contributed by atoms with Crippen LogP contribution in [0.15, 0.2) is 35.4 Å². The van der Waals surface area contributed by atoms with Crippen LogP contribution < -0.4 is 5.73 Å². The number of thiophene rings is 2. The smallest absolute Gasteiger partial charge is 0.398 e. The predicted molar refractivity (Wildman–Crippen MR) is 99.7 cm³/mol. The highest BCUT2D eigenvalue weighted by molar-refractivity contribution is 7.15. The lowest BCUT2D eigenvalue weighted by molar-refractivity contribution is 0.00578. The van der Waals surface area contributed by atoms with Crippen LogP contribution in [0.25, 0.3) is 5.57 Å². The van der Waals surface area contributed by atoms with Gasteiger partial charge in [0.25, 0.3) is 0 Å². The molecule has 2 aromatic heterocycles. The van der Waals surface area contributed by atoms with Crippen molar-refractivity contribution < 1.29 is 13.7 Å². The summed E-state index contributed by atoms with van der Waals surface area (Å²) in [6.45, 7) is 8.12. The van der Waals surface area contributed by atoms with Crippen molar-refractivity contribution in [1.29, 1.82) is 0 Å². The van der Waals surface area contributed by atoms with E-state index in [1.165, 1.54) is 22.7 Å². The molecular formula is C17H21BFNO2S2. The number of rotatable bonds is 4. The molecule has 3 nitrogen and oxygen atoms in total. The van der Waals surface area contributed by atoms with Crippen LogP contribution in [0, 0.1) is 0 Å². The van der Waals surface area contributed by atoms with Crippen molar-refractivity contribution in [1.82, 2.24) is 0 Å². The molecule has 0 bridgehead atoms. The second-order valence-electron chi connectivity index (χ2n) is 6.76. The van der Waals surface area contributed by atoms with Gasteiger partial charge in [-0.25, -0.2) is 4.39 Å². The summed E-state index contributed by atoms with van der Waals surface area (Å²) in [6, 6.07) is 7.67. The molecule has 0 spiro atoms. The fourth-order valence-corrected chi connectivity index (χ4v) is 4.26. The lowest BCUT2D eigenvalue weighted by atomic mass is 9.84. The Labute approximate surface area is 150 Å². The Hall–Kier alpha value is -0.985. The van der Waals surface area contributed by atoms with Gasteiger partial charge in [0.1, 0.15) is 5.73 Å². The van der Waals surface area contributed by atoms with Crippen molar-refractivity contribution in [3.63, 3.8) is 0 Å². The number of hydrogen-bond donors (Lipinski definition) is 1. The molecule has 1 saturated heterocycles. The third kappa shape index (κ3) is 3.11. The van der Waals surface area contributed by atoms with Crippen LogP contribution in [-0.2, 0) is 15.9 Å². The minimum atomic E-state index is -1.00. The normalized spacial score (nSPS) is 20.3. The standard InChI is InChI=1S/C17H21BFNO2S2/c1-16(2)17(3,4)22-18(21-16)15(19)14(12-6-5-9-23-12)13-8-7-11(10-20)24-13/h5-9H,10,20H2,1-4H3. The second-order valence-corrected chi connectivity index (χ2v) is 8.87. The summed E-state index contributed by atoms with van der Waals surface area (Å²) in [5.41, 5.74) is 4.70. The van der Waals surface area contributed by atoms with E-state index < -0.39 is 18.3 Å². The van der Waals surface area contributed by atoms with Crippen molar-refractivity contribution in [3.8, 4) is 0 Å². The van der Waals surface area contributed by atoms with Gasteiger partial charge in [-0.15, -0.1) is 22.7 Å². The molecule has 0 atom stereocenters. The monoisotopic (exact) mass is 365 g/mol. The Morgan fingerprint density at radius 3 is 2.29 bits per heavy atom. The molecule has 0 aromatic carbocycles. The Balaban J connectivity index is 2.06. The molecule has 0 unspecified atom stereocenters. The zero-order valence-electron chi connectivity index (χ0n) is 14.3. The molecule has 0 radical (unpaired) electrons. The topological polar surface area (TPSA) is 44.5 Å². The minimum Gasteiger partial charge on any atom is -0.398 e. The highest BCUT2D eigenvalue weighted by atomic mass is 32.1. The molecular weight excluding hydrogens is 344 g/mol. The Bertz CT molecular complexity index is 736. The van der Waals surface area contributed by atoms with E-state index in [4.69, 9.17) is 15.0 Å². The van der Waals surface area contributed by atoms with Crippen LogP contribution >= 0.6 is 22.7 Å². The molecule has 2 N–H and O–H groups in total. The van der Waals surface area contributed by atoms with E-state index in [9.17, 15) is 0 Å². The van der Waals surface area contributed by atoms with Crippen LogP contribution in [0.5, 0.6) is 0 Å². The van der Waals surface area contributed by atoms with Gasteiger partial charge in [-0.05, 0) is 51.3 Å². The van der Waals surface area contributed by atoms with Gasteiger partial charge in [0, 0.05) is 26.7 Å². The molecule has 24 heavy (non-hydrogen) atoms. The summed E-state index contributed by atoms with van der Waals surface area (Å²) < 4.78 is 27.2. The van der Waals surface area contributed by atoms with Crippen molar-refractivity contribution >= 4 is 35.4 Å². The molecule has 7 heteroatoms. The average Bonchev–Trinajstić information content (AvgIpc) is 3.21. The van der Waals surface area contributed by atoms with E-state index in [2.05, 4.69) is 0 Å². The van der Waals surface area contributed by atoms with Crippen molar-refractivity contribution in [2.45, 2.75) is 45.4 Å². The molecule has 0 saturated carbocycles. The predicted octanol–water partition coefficient (Wildman–Crippen LogP) is 4.63. The number of hydrogen-bond acceptors (Lipinski definition) is 5. The van der Waals surface area contributed by atoms with Crippen molar-refractivity contribution in [2.24, 2.45) is 5.73 Å². The van der Waals surface area contributed by atoms with E-state index in [1.54, 1.807) is 0 Å². The molecule has 0 amide bonds. The van der Waals surface area contributed by atoms with Gasteiger partial charge < -0.3 is 15.0 Å². The highest BCUT2D eigenvalue weighted by Gasteiger charge is 2.53. The van der Waals surface area contributed by atoms with Crippen molar-refractivity contribution in [2.75, 3.05) is 0 Å². The van der Waals surface area contributed by atoms with Gasteiger partial charge in [-0.3, -0.25) is 0 Å². The third-order valence-corrected chi connectivity index (χ3v) is 6.59. The maximum Gasteiger partial charge on any atom is 0.525 e. The fourth-order valence-electron chi connectivity index (χ4n) is 2.46. The summed E-state index contributed by atoms with van der Waals surface area (Å²) in [6.07, 6.45) is 0. The van der Waals surface area contributed by atoms with E-state index >= 15 is 4.39 Å². The zero-order chi connectivity index (χ0) is 17.5. The Morgan fingerprint density at radius 2 is 1.79 bits per heavy atom. The van der Waals surface area contributed by atoms with Gasteiger partial charge in [0.2, 0.25) is 0 Å². The fraction of sp³-hybridized carbons (Fsp3) is 0.412. The van der Waals surface area contributed by atoms with Crippen LogP contribution in [0.1, 0.15) is 42.3 Å². The summed E-state index contributed by atoms with van der Waals surface area (Å²) >= 11 is 2.99. The summed E-state index contributed by atoms with van der Waals surface area (Å²) in [5.74, 6) is 0. The van der Waals surface area contributed by atoms with Gasteiger partial charge in [-0.2, -0.15) is 0 Å². The average molecular weight is 365 g/mol. The molecule has 3 rings (SSSR count). The molecule has 0 aliphatic carbocycles. The van der Waals surface area contributed by atoms with E-state index in [0.717, 1.165) is 14.6 Å². The minimum absolute atomic E-state index is 0.387. The molecule has 2 aromatic rings. The van der Waals surface area contributed by atoms with E-state index in [-0.39, 0.29) is 5.73 Å². The first-order valence-corrected chi connectivity index (χ1v) is 9.53. The van der Waals surface area contributed by atoms with E-state index in [0.29, 0.717) is 12.1 Å².